The van der Waals surface area contributed by atoms with Crippen LogP contribution in [0.1, 0.15) is 0 Å². The van der Waals surface area contributed by atoms with E-state index < -0.39 is 11.6 Å². The van der Waals surface area contributed by atoms with E-state index in [0.717, 1.165) is 49.3 Å². The third kappa shape index (κ3) is 5.44. The maximum atomic E-state index is 14.3. The summed E-state index contributed by atoms with van der Waals surface area (Å²) >= 11 is 0. The van der Waals surface area contributed by atoms with Gasteiger partial charge in [-0.05, 0) is 36.4 Å². The molecule has 2 aliphatic heterocycles. The number of anilines is 6. The fraction of sp³-hybridized carbons (Fsp3) is 0.360. The van der Waals surface area contributed by atoms with Crippen molar-refractivity contribution in [2.75, 3.05) is 79.7 Å². The fourth-order valence-corrected chi connectivity index (χ4v) is 4.28. The molecule has 184 valence electrons. The summed E-state index contributed by atoms with van der Waals surface area (Å²) in [6.07, 6.45) is 1.61. The highest BCUT2D eigenvalue weighted by atomic mass is 19.1. The Morgan fingerprint density at radius 3 is 2.09 bits per heavy atom. The van der Waals surface area contributed by atoms with Gasteiger partial charge in [-0.1, -0.05) is 0 Å². The van der Waals surface area contributed by atoms with E-state index in [-0.39, 0.29) is 5.69 Å². The molecular weight excluding hydrogens is 454 g/mol. The quantitative estimate of drug-likeness (QED) is 0.567. The standard InChI is InChI=1S/C25H28F2N6O2/c1-31(23-3-2-18(26)14-22(23)27)24-4-5-28-25(30-24)29-19-15-20(32-6-10-34-11-7-32)17-21(16-19)33-8-12-35-13-9-33/h2-5,14-17H,6-13H2,1H3,(H,28,29,30). The third-order valence-electron chi connectivity index (χ3n) is 6.17. The number of ether oxygens (including phenoxy) is 2. The van der Waals surface area contributed by atoms with Crippen molar-refractivity contribution >= 4 is 34.5 Å². The highest BCUT2D eigenvalue weighted by molar-refractivity contribution is 5.72. The molecule has 0 amide bonds. The van der Waals surface area contributed by atoms with E-state index in [9.17, 15) is 8.78 Å². The molecule has 3 heterocycles. The minimum atomic E-state index is -0.658. The first-order chi connectivity index (χ1) is 17.1. The number of nitrogens with one attached hydrogen (secondary N) is 1. The van der Waals surface area contributed by atoms with Crippen LogP contribution in [0.4, 0.5) is 43.3 Å². The first-order valence-electron chi connectivity index (χ1n) is 11.7. The lowest BCUT2D eigenvalue weighted by Gasteiger charge is -2.33. The predicted octanol–water partition coefficient (Wildman–Crippen LogP) is 3.94. The van der Waals surface area contributed by atoms with Crippen LogP contribution in [0, 0.1) is 11.6 Å². The lowest BCUT2D eigenvalue weighted by atomic mass is 10.2. The highest BCUT2D eigenvalue weighted by Crippen LogP contribution is 2.31. The van der Waals surface area contributed by atoms with Crippen molar-refractivity contribution in [3.63, 3.8) is 0 Å². The lowest BCUT2D eigenvalue weighted by Crippen LogP contribution is -2.38. The van der Waals surface area contributed by atoms with Crippen molar-refractivity contribution in [2.45, 2.75) is 0 Å². The predicted molar refractivity (Wildman–Crippen MR) is 132 cm³/mol. The Labute approximate surface area is 203 Å². The number of benzene rings is 2. The van der Waals surface area contributed by atoms with E-state index in [1.165, 1.54) is 12.1 Å². The van der Waals surface area contributed by atoms with Crippen molar-refractivity contribution in [1.82, 2.24) is 9.97 Å². The van der Waals surface area contributed by atoms with Crippen LogP contribution in [0.3, 0.4) is 0 Å². The molecule has 5 rings (SSSR count). The molecule has 10 heteroatoms. The highest BCUT2D eigenvalue weighted by Gasteiger charge is 2.18. The molecule has 0 radical (unpaired) electrons. The molecule has 0 saturated carbocycles. The van der Waals surface area contributed by atoms with Crippen LogP contribution in [-0.4, -0.2) is 69.6 Å². The molecule has 2 aliphatic rings. The Morgan fingerprint density at radius 1 is 0.857 bits per heavy atom. The molecule has 3 aromatic rings. The number of rotatable bonds is 6. The van der Waals surface area contributed by atoms with Crippen LogP contribution < -0.4 is 20.0 Å². The summed E-state index contributed by atoms with van der Waals surface area (Å²) < 4.78 is 38.7. The number of morpholine rings is 2. The monoisotopic (exact) mass is 482 g/mol. The fourth-order valence-electron chi connectivity index (χ4n) is 4.28. The summed E-state index contributed by atoms with van der Waals surface area (Å²) in [6.45, 7) is 6.09. The van der Waals surface area contributed by atoms with Gasteiger partial charge in [0.15, 0.2) is 0 Å². The van der Waals surface area contributed by atoms with E-state index >= 15 is 0 Å². The Kier molecular flexibility index (Phi) is 6.91. The van der Waals surface area contributed by atoms with Gasteiger partial charge in [-0.25, -0.2) is 13.8 Å². The van der Waals surface area contributed by atoms with Gasteiger partial charge in [-0.15, -0.1) is 0 Å². The normalized spacial score (nSPS) is 16.3. The zero-order valence-electron chi connectivity index (χ0n) is 19.6. The average molecular weight is 483 g/mol. The molecule has 1 N–H and O–H groups in total. The van der Waals surface area contributed by atoms with Crippen molar-refractivity contribution in [3.05, 3.63) is 60.3 Å². The minimum Gasteiger partial charge on any atom is -0.378 e. The number of nitrogens with zero attached hydrogens (tertiary/aromatic N) is 5. The zero-order chi connectivity index (χ0) is 24.2. The largest absolute Gasteiger partial charge is 0.378 e. The average Bonchev–Trinajstić information content (AvgIpc) is 2.89. The van der Waals surface area contributed by atoms with Gasteiger partial charge in [-0.3, -0.25) is 0 Å². The number of hydrogen-bond acceptors (Lipinski definition) is 8. The van der Waals surface area contributed by atoms with Gasteiger partial charge in [0, 0.05) is 62.6 Å². The van der Waals surface area contributed by atoms with Crippen LogP contribution in [-0.2, 0) is 9.47 Å². The zero-order valence-corrected chi connectivity index (χ0v) is 19.6. The van der Waals surface area contributed by atoms with Crippen molar-refractivity contribution in [1.29, 1.82) is 0 Å². The van der Waals surface area contributed by atoms with Gasteiger partial charge in [0.05, 0.1) is 32.1 Å². The molecule has 0 atom stereocenters. The van der Waals surface area contributed by atoms with Crippen molar-refractivity contribution in [3.8, 4) is 0 Å². The summed E-state index contributed by atoms with van der Waals surface area (Å²) in [4.78, 5) is 15.1. The van der Waals surface area contributed by atoms with Gasteiger partial charge < -0.3 is 29.5 Å². The second kappa shape index (κ2) is 10.4. The molecule has 2 aromatic carbocycles. The van der Waals surface area contributed by atoms with Crippen molar-refractivity contribution in [2.24, 2.45) is 0 Å². The minimum absolute atomic E-state index is 0.222. The van der Waals surface area contributed by atoms with E-state index in [1.807, 2.05) is 0 Å². The molecule has 2 fully saturated rings. The van der Waals surface area contributed by atoms with Crippen LogP contribution in [0.5, 0.6) is 0 Å². The molecule has 0 unspecified atom stereocenters. The Bertz CT molecular complexity index is 1130. The summed E-state index contributed by atoms with van der Waals surface area (Å²) in [6, 6.07) is 11.5. The molecule has 35 heavy (non-hydrogen) atoms. The summed E-state index contributed by atoms with van der Waals surface area (Å²) in [5.74, 6) is -0.426. The second-order valence-corrected chi connectivity index (χ2v) is 8.46. The molecular formula is C25H28F2N6O2. The number of aromatic nitrogens is 2. The molecule has 2 saturated heterocycles. The van der Waals surface area contributed by atoms with Gasteiger partial charge in [0.2, 0.25) is 5.95 Å². The van der Waals surface area contributed by atoms with Gasteiger partial charge in [-0.2, -0.15) is 4.98 Å². The molecule has 1 aromatic heterocycles. The smallest absolute Gasteiger partial charge is 0.229 e. The van der Waals surface area contributed by atoms with E-state index in [1.54, 1.807) is 24.2 Å². The first kappa shape index (κ1) is 23.3. The summed E-state index contributed by atoms with van der Waals surface area (Å²) in [5.41, 5.74) is 3.27. The Morgan fingerprint density at radius 2 is 1.49 bits per heavy atom. The molecule has 0 aliphatic carbocycles. The van der Waals surface area contributed by atoms with Crippen LogP contribution in [0.2, 0.25) is 0 Å². The third-order valence-corrected chi connectivity index (χ3v) is 6.17. The van der Waals surface area contributed by atoms with Gasteiger partial charge in [0.1, 0.15) is 17.5 Å². The maximum absolute atomic E-state index is 14.3. The SMILES string of the molecule is CN(c1ccnc(Nc2cc(N3CCOCC3)cc(N3CCOCC3)c2)n1)c1ccc(F)cc1F. The second-order valence-electron chi connectivity index (χ2n) is 8.46. The number of hydrogen-bond donors (Lipinski definition) is 1. The number of halogens is 2. The lowest BCUT2D eigenvalue weighted by molar-refractivity contribution is 0.122. The molecule has 8 nitrogen and oxygen atoms in total. The summed E-state index contributed by atoms with van der Waals surface area (Å²) in [5, 5.41) is 3.31. The van der Waals surface area contributed by atoms with Gasteiger partial charge >= 0.3 is 0 Å². The van der Waals surface area contributed by atoms with Crippen LogP contribution in [0.25, 0.3) is 0 Å². The van der Waals surface area contributed by atoms with Gasteiger partial charge in [0.25, 0.3) is 0 Å². The Hall–Kier alpha value is -3.50. The molecule has 0 spiro atoms. The van der Waals surface area contributed by atoms with E-state index in [0.29, 0.717) is 38.2 Å². The molecule has 0 bridgehead atoms. The van der Waals surface area contributed by atoms with Crippen molar-refractivity contribution < 1.29 is 18.3 Å². The first-order valence-corrected chi connectivity index (χ1v) is 11.7. The van der Waals surface area contributed by atoms with Crippen LogP contribution >= 0.6 is 0 Å². The summed E-state index contributed by atoms with van der Waals surface area (Å²) in [7, 11) is 1.68. The van der Waals surface area contributed by atoms with E-state index in [2.05, 4.69) is 43.3 Å². The maximum Gasteiger partial charge on any atom is 0.229 e. The Balaban J connectivity index is 1.42. The van der Waals surface area contributed by atoms with Crippen LogP contribution in [0.15, 0.2) is 48.7 Å². The van der Waals surface area contributed by atoms with E-state index in [4.69, 9.17) is 9.47 Å². The topological polar surface area (TPSA) is 66.0 Å².